The van der Waals surface area contributed by atoms with Gasteiger partial charge >= 0.3 is 6.18 Å². The number of fused-ring (bicyclic) bond motifs is 1. The summed E-state index contributed by atoms with van der Waals surface area (Å²) in [6.07, 6.45) is -2.92. The molecule has 43 heavy (non-hydrogen) atoms. The minimum absolute atomic E-state index is 0.0322. The van der Waals surface area contributed by atoms with Gasteiger partial charge in [0.15, 0.2) is 0 Å². The lowest BCUT2D eigenvalue weighted by molar-refractivity contribution is -0.137. The third-order valence-corrected chi connectivity index (χ3v) is 7.83. The molecule has 2 aromatic heterocycles. The van der Waals surface area contributed by atoms with Gasteiger partial charge < -0.3 is 18.7 Å². The zero-order valence-electron chi connectivity index (χ0n) is 23.5. The fourth-order valence-electron chi connectivity index (χ4n) is 5.30. The van der Waals surface area contributed by atoms with Crippen molar-refractivity contribution in [3.05, 3.63) is 112 Å². The fraction of sp³-hybridized carbons (Fsp3) is 0.281. The van der Waals surface area contributed by atoms with E-state index >= 15 is 4.39 Å². The summed E-state index contributed by atoms with van der Waals surface area (Å²) in [5, 5.41) is 4.20. The predicted molar refractivity (Wildman–Crippen MR) is 154 cm³/mol. The van der Waals surface area contributed by atoms with Crippen LogP contribution in [-0.4, -0.2) is 41.0 Å². The van der Waals surface area contributed by atoms with Crippen LogP contribution in [0.25, 0.3) is 22.3 Å². The summed E-state index contributed by atoms with van der Waals surface area (Å²) in [4.78, 5) is 20.2. The molecule has 3 heterocycles. The maximum Gasteiger partial charge on any atom is 0.416 e. The number of rotatable bonds is 6. The Balaban J connectivity index is 1.48. The maximum absolute atomic E-state index is 15.5. The van der Waals surface area contributed by atoms with E-state index in [-0.39, 0.29) is 29.2 Å². The number of nitrogens with zero attached hydrogens (tertiary/aromatic N) is 4. The van der Waals surface area contributed by atoms with Gasteiger partial charge in [-0.05, 0) is 49.2 Å². The molecule has 1 aliphatic rings. The normalized spacial score (nSPS) is 14.4. The molecule has 0 radical (unpaired) electrons. The quantitative estimate of drug-likeness (QED) is 0.212. The van der Waals surface area contributed by atoms with Crippen molar-refractivity contribution in [3.8, 4) is 11.4 Å². The van der Waals surface area contributed by atoms with Crippen LogP contribution in [0.15, 0.2) is 82.2 Å². The lowest BCUT2D eigenvalue weighted by atomic mass is 9.84. The molecule has 5 aromatic rings. The maximum atomic E-state index is 15.5. The largest absolute Gasteiger partial charge is 0.416 e. The smallest absolute Gasteiger partial charge is 0.378 e. The van der Waals surface area contributed by atoms with Crippen LogP contribution in [0.5, 0.6) is 0 Å². The summed E-state index contributed by atoms with van der Waals surface area (Å²) in [6.45, 7) is 5.79. The van der Waals surface area contributed by atoms with E-state index in [9.17, 15) is 18.0 Å². The molecular weight excluding hydrogens is 564 g/mol. The van der Waals surface area contributed by atoms with Crippen molar-refractivity contribution in [2.75, 3.05) is 31.2 Å². The minimum atomic E-state index is -4.47. The van der Waals surface area contributed by atoms with Crippen LogP contribution in [0, 0.1) is 5.82 Å². The number of anilines is 1. The van der Waals surface area contributed by atoms with Crippen LogP contribution in [0.4, 0.5) is 23.2 Å². The predicted octanol–water partition coefficient (Wildman–Crippen LogP) is 6.42. The Morgan fingerprint density at radius 1 is 0.930 bits per heavy atom. The van der Waals surface area contributed by atoms with Crippen molar-refractivity contribution >= 4 is 16.6 Å². The molecule has 7 nitrogen and oxygen atoms in total. The minimum Gasteiger partial charge on any atom is -0.378 e. The lowest BCUT2D eigenvalue weighted by Crippen LogP contribution is -2.36. The van der Waals surface area contributed by atoms with Gasteiger partial charge in [-0.25, -0.2) is 4.39 Å². The van der Waals surface area contributed by atoms with Crippen LogP contribution in [0.3, 0.4) is 0 Å². The van der Waals surface area contributed by atoms with E-state index in [0.29, 0.717) is 43.1 Å². The summed E-state index contributed by atoms with van der Waals surface area (Å²) in [5.74, 6) is -0.246. The van der Waals surface area contributed by atoms with Crippen LogP contribution in [0.1, 0.15) is 36.4 Å². The van der Waals surface area contributed by atoms with E-state index in [1.54, 1.807) is 16.8 Å². The number of hydrogen-bond acceptors (Lipinski definition) is 6. The van der Waals surface area contributed by atoms with Crippen LogP contribution in [-0.2, 0) is 22.9 Å². The molecule has 1 aliphatic heterocycles. The number of morpholine rings is 1. The van der Waals surface area contributed by atoms with Crippen molar-refractivity contribution in [2.45, 2.75) is 32.0 Å². The van der Waals surface area contributed by atoms with Crippen LogP contribution >= 0.6 is 0 Å². The van der Waals surface area contributed by atoms with Gasteiger partial charge in [-0.2, -0.15) is 18.2 Å². The van der Waals surface area contributed by atoms with E-state index in [2.05, 4.69) is 10.1 Å². The molecule has 0 aliphatic carbocycles. The van der Waals surface area contributed by atoms with Gasteiger partial charge in [-0.1, -0.05) is 47.6 Å². The van der Waals surface area contributed by atoms with Crippen LogP contribution in [0.2, 0.25) is 0 Å². The topological polar surface area (TPSA) is 73.4 Å². The Bertz CT molecular complexity index is 1820. The second-order valence-electron chi connectivity index (χ2n) is 11.0. The summed E-state index contributed by atoms with van der Waals surface area (Å²) in [7, 11) is 0. The molecule has 11 heteroatoms. The second-order valence-corrected chi connectivity index (χ2v) is 11.0. The summed E-state index contributed by atoms with van der Waals surface area (Å²) in [6, 6.07) is 17.2. The third-order valence-electron chi connectivity index (χ3n) is 7.83. The number of aromatic nitrogens is 3. The second kappa shape index (κ2) is 11.0. The van der Waals surface area contributed by atoms with Gasteiger partial charge in [0.05, 0.1) is 41.0 Å². The Morgan fingerprint density at radius 2 is 1.63 bits per heavy atom. The molecular formula is C32H28F4N4O3. The molecule has 0 amide bonds. The third kappa shape index (κ3) is 5.52. The summed E-state index contributed by atoms with van der Waals surface area (Å²) >= 11 is 0. The summed E-state index contributed by atoms with van der Waals surface area (Å²) < 4.78 is 67.8. The fourth-order valence-corrected chi connectivity index (χ4v) is 5.30. The van der Waals surface area contributed by atoms with E-state index in [1.807, 2.05) is 49.1 Å². The van der Waals surface area contributed by atoms with Crippen molar-refractivity contribution in [1.82, 2.24) is 14.7 Å². The number of alkyl halides is 3. The monoisotopic (exact) mass is 592 g/mol. The van der Waals surface area contributed by atoms with E-state index in [1.165, 1.54) is 18.2 Å². The van der Waals surface area contributed by atoms with Gasteiger partial charge in [0.25, 0.3) is 0 Å². The standard InChI is InChI=1S/C32H28F4N4O3/c1-31(2,21-6-4-3-5-7-21)30-37-29(38-43-30)24-19-40(18-20-8-10-22(11-9-20)32(34,35)36)26-17-27(39-12-14-42-15-13-39)25(33)16-23(26)28(24)41/h3-11,16-17,19H,12-15,18H2,1-2H3. The molecule has 0 unspecified atom stereocenters. The molecule has 0 saturated carbocycles. The molecule has 6 rings (SSSR count). The average molecular weight is 593 g/mol. The number of hydrogen-bond donors (Lipinski definition) is 0. The van der Waals surface area contributed by atoms with Crippen LogP contribution < -0.4 is 10.3 Å². The number of benzene rings is 3. The number of ether oxygens (including phenoxy) is 1. The van der Waals surface area contributed by atoms with Crippen molar-refractivity contribution in [2.24, 2.45) is 0 Å². The molecule has 3 aromatic carbocycles. The molecule has 1 fully saturated rings. The first kappa shape index (κ1) is 28.6. The lowest BCUT2D eigenvalue weighted by Gasteiger charge is -2.29. The Kier molecular flexibility index (Phi) is 7.29. The number of halogens is 4. The zero-order valence-corrected chi connectivity index (χ0v) is 23.5. The van der Waals surface area contributed by atoms with Gasteiger partial charge in [-0.3, -0.25) is 4.79 Å². The molecule has 0 bridgehead atoms. The Morgan fingerprint density at radius 3 is 2.30 bits per heavy atom. The first-order valence-electron chi connectivity index (χ1n) is 13.8. The highest BCUT2D eigenvalue weighted by Crippen LogP contribution is 2.33. The Hall–Kier alpha value is -4.51. The van der Waals surface area contributed by atoms with Crippen molar-refractivity contribution in [3.63, 3.8) is 0 Å². The van der Waals surface area contributed by atoms with E-state index < -0.39 is 28.4 Å². The first-order chi connectivity index (χ1) is 20.5. The highest BCUT2D eigenvalue weighted by molar-refractivity contribution is 5.86. The first-order valence-corrected chi connectivity index (χ1v) is 13.8. The van der Waals surface area contributed by atoms with Crippen molar-refractivity contribution in [1.29, 1.82) is 0 Å². The van der Waals surface area contributed by atoms with Gasteiger partial charge in [0.1, 0.15) is 5.82 Å². The molecule has 1 saturated heterocycles. The molecule has 0 spiro atoms. The molecule has 222 valence electrons. The number of pyridine rings is 1. The summed E-state index contributed by atoms with van der Waals surface area (Å²) in [5.41, 5.74) is 0.384. The van der Waals surface area contributed by atoms with Gasteiger partial charge in [0, 0.05) is 31.2 Å². The Labute approximate surface area is 244 Å². The van der Waals surface area contributed by atoms with E-state index in [0.717, 1.165) is 17.7 Å². The highest BCUT2D eigenvalue weighted by Gasteiger charge is 2.31. The zero-order chi connectivity index (χ0) is 30.4. The van der Waals surface area contributed by atoms with Gasteiger partial charge in [-0.15, -0.1) is 0 Å². The highest BCUT2D eigenvalue weighted by atomic mass is 19.4. The SMILES string of the molecule is CC(C)(c1ccccc1)c1nc(-c2cn(Cc3ccc(C(F)(F)F)cc3)c3cc(N4CCOCC4)c(F)cc3c2=O)no1. The molecule has 0 atom stereocenters. The molecule has 0 N–H and O–H groups in total. The van der Waals surface area contributed by atoms with Gasteiger partial charge in [0.2, 0.25) is 17.1 Å². The van der Waals surface area contributed by atoms with E-state index in [4.69, 9.17) is 9.26 Å². The van der Waals surface area contributed by atoms with Crippen molar-refractivity contribution < 1.29 is 26.8 Å². The average Bonchev–Trinajstić information content (AvgIpc) is 3.50.